The Hall–Kier alpha value is -2.04. The summed E-state index contributed by atoms with van der Waals surface area (Å²) in [5.74, 6) is 0.237. The van der Waals surface area contributed by atoms with Crippen LogP contribution in [-0.4, -0.2) is 36.5 Å². The number of benzene rings is 1. The van der Waals surface area contributed by atoms with E-state index in [0.29, 0.717) is 18.1 Å². The number of hydrogen-bond acceptors (Lipinski definition) is 3. The van der Waals surface area contributed by atoms with E-state index in [1.54, 1.807) is 31.2 Å². The fourth-order valence-corrected chi connectivity index (χ4v) is 2.21. The van der Waals surface area contributed by atoms with Gasteiger partial charge in [-0.15, -0.1) is 0 Å². The molecule has 5 nitrogen and oxygen atoms in total. The lowest BCUT2D eigenvalue weighted by atomic mass is 10.1. The number of rotatable bonds is 3. The summed E-state index contributed by atoms with van der Waals surface area (Å²) >= 11 is 0. The van der Waals surface area contributed by atoms with Crippen molar-refractivity contribution in [3.63, 3.8) is 0 Å². The molecule has 2 rings (SSSR count). The number of carbonyl (C=O) groups is 1. The number of nitrogens with zero attached hydrogens (tertiary/aromatic N) is 2. The third-order valence-electron chi connectivity index (χ3n) is 3.30. The van der Waals surface area contributed by atoms with Crippen molar-refractivity contribution in [2.24, 2.45) is 10.7 Å². The molecule has 0 atom stereocenters. The largest absolute Gasteiger partial charge is 0.462 e. The van der Waals surface area contributed by atoms with Crippen LogP contribution in [0.3, 0.4) is 0 Å². The van der Waals surface area contributed by atoms with Crippen molar-refractivity contribution in [2.75, 3.05) is 19.7 Å². The Morgan fingerprint density at radius 3 is 2.50 bits per heavy atom. The van der Waals surface area contributed by atoms with Crippen molar-refractivity contribution in [3.8, 4) is 0 Å². The fourth-order valence-electron chi connectivity index (χ4n) is 2.21. The van der Waals surface area contributed by atoms with E-state index in [9.17, 15) is 4.79 Å². The maximum atomic E-state index is 11.5. The Kier molecular flexibility index (Phi) is 4.98. The van der Waals surface area contributed by atoms with E-state index in [4.69, 9.17) is 10.5 Å². The van der Waals surface area contributed by atoms with Crippen LogP contribution in [0.25, 0.3) is 0 Å². The molecular formula is C15H21N3O2. The summed E-state index contributed by atoms with van der Waals surface area (Å²) in [5, 5.41) is 0. The molecule has 108 valence electrons. The van der Waals surface area contributed by atoms with Gasteiger partial charge < -0.3 is 15.4 Å². The van der Waals surface area contributed by atoms with E-state index in [1.807, 2.05) is 0 Å². The van der Waals surface area contributed by atoms with Crippen LogP contribution in [0, 0.1) is 0 Å². The Balaban J connectivity index is 2.03. The van der Waals surface area contributed by atoms with Gasteiger partial charge >= 0.3 is 5.97 Å². The zero-order chi connectivity index (χ0) is 14.4. The van der Waals surface area contributed by atoms with E-state index in [-0.39, 0.29) is 5.97 Å². The average Bonchev–Trinajstić information content (AvgIpc) is 2.49. The average molecular weight is 275 g/mol. The first kappa shape index (κ1) is 14.4. The lowest BCUT2D eigenvalue weighted by Gasteiger charge is -2.27. The quantitative estimate of drug-likeness (QED) is 0.522. The molecule has 0 aromatic heterocycles. The van der Waals surface area contributed by atoms with Gasteiger partial charge in [0.25, 0.3) is 0 Å². The Labute approximate surface area is 119 Å². The maximum absolute atomic E-state index is 11.5. The van der Waals surface area contributed by atoms with E-state index < -0.39 is 0 Å². The van der Waals surface area contributed by atoms with Gasteiger partial charge in [-0.25, -0.2) is 9.79 Å². The number of hydrogen-bond donors (Lipinski definition) is 1. The Morgan fingerprint density at radius 2 is 1.90 bits per heavy atom. The molecule has 0 bridgehead atoms. The van der Waals surface area contributed by atoms with Crippen LogP contribution in [0.5, 0.6) is 0 Å². The van der Waals surface area contributed by atoms with E-state index in [2.05, 4.69) is 9.89 Å². The van der Waals surface area contributed by atoms with Crippen LogP contribution in [-0.2, 0) is 4.74 Å². The highest BCUT2D eigenvalue weighted by atomic mass is 16.5. The predicted octanol–water partition coefficient (Wildman–Crippen LogP) is 2.30. The molecule has 0 radical (unpaired) electrons. The van der Waals surface area contributed by atoms with Gasteiger partial charge in [0.1, 0.15) is 0 Å². The Bertz CT molecular complexity index is 476. The molecule has 1 aliphatic rings. The number of esters is 1. The number of carbonyl (C=O) groups excluding carboxylic acids is 1. The third-order valence-corrected chi connectivity index (χ3v) is 3.30. The number of aliphatic imine (C=N–C) groups is 1. The smallest absolute Gasteiger partial charge is 0.338 e. The number of guanidine groups is 1. The molecule has 0 amide bonds. The summed E-state index contributed by atoms with van der Waals surface area (Å²) in [4.78, 5) is 18.0. The number of nitrogens with two attached hydrogens (primary N) is 1. The van der Waals surface area contributed by atoms with Crippen molar-refractivity contribution in [3.05, 3.63) is 29.8 Å². The molecular weight excluding hydrogens is 254 g/mol. The van der Waals surface area contributed by atoms with Crippen molar-refractivity contribution >= 4 is 17.6 Å². The molecule has 0 spiro atoms. The first-order valence-corrected chi connectivity index (χ1v) is 7.07. The molecule has 1 saturated heterocycles. The molecule has 1 heterocycles. The van der Waals surface area contributed by atoms with Gasteiger partial charge in [0.2, 0.25) is 0 Å². The van der Waals surface area contributed by atoms with Crippen molar-refractivity contribution in [1.82, 2.24) is 4.90 Å². The third kappa shape index (κ3) is 3.73. The molecule has 0 aliphatic carbocycles. The minimum atomic E-state index is -0.313. The van der Waals surface area contributed by atoms with Crippen LogP contribution in [0.4, 0.5) is 5.69 Å². The summed E-state index contributed by atoms with van der Waals surface area (Å²) in [6, 6.07) is 6.98. The van der Waals surface area contributed by atoms with Gasteiger partial charge in [0.05, 0.1) is 17.9 Å². The first-order valence-electron chi connectivity index (χ1n) is 7.07. The second-order valence-electron chi connectivity index (χ2n) is 4.79. The van der Waals surface area contributed by atoms with E-state index in [1.165, 1.54) is 6.42 Å². The monoisotopic (exact) mass is 275 g/mol. The van der Waals surface area contributed by atoms with Crippen molar-refractivity contribution in [1.29, 1.82) is 0 Å². The zero-order valence-electron chi connectivity index (χ0n) is 11.8. The van der Waals surface area contributed by atoms with Gasteiger partial charge in [0, 0.05) is 13.1 Å². The molecule has 1 fully saturated rings. The molecule has 1 aliphatic heterocycles. The first-order chi connectivity index (χ1) is 9.70. The Morgan fingerprint density at radius 1 is 1.25 bits per heavy atom. The second kappa shape index (κ2) is 6.93. The van der Waals surface area contributed by atoms with E-state index >= 15 is 0 Å². The summed E-state index contributed by atoms with van der Waals surface area (Å²) in [6.45, 7) is 4.10. The highest BCUT2D eigenvalue weighted by Gasteiger charge is 2.12. The minimum Gasteiger partial charge on any atom is -0.462 e. The number of piperidine rings is 1. The topological polar surface area (TPSA) is 67.9 Å². The SMILES string of the molecule is CCOC(=O)c1ccc(N=C(N)N2CCCCC2)cc1. The summed E-state index contributed by atoms with van der Waals surface area (Å²) in [7, 11) is 0. The van der Waals surface area contributed by atoms with Gasteiger partial charge in [-0.1, -0.05) is 0 Å². The normalized spacial score (nSPS) is 16.1. The molecule has 0 unspecified atom stereocenters. The van der Waals surface area contributed by atoms with Crippen molar-refractivity contribution in [2.45, 2.75) is 26.2 Å². The zero-order valence-corrected chi connectivity index (χ0v) is 11.8. The molecule has 1 aromatic rings. The molecule has 2 N–H and O–H groups in total. The predicted molar refractivity (Wildman–Crippen MR) is 79.1 cm³/mol. The standard InChI is InChI=1S/C15H21N3O2/c1-2-20-14(19)12-6-8-13(9-7-12)17-15(16)18-10-4-3-5-11-18/h6-9H,2-5,10-11H2,1H3,(H2,16,17). The lowest BCUT2D eigenvalue weighted by molar-refractivity contribution is 0.0526. The van der Waals surface area contributed by atoms with E-state index in [0.717, 1.165) is 31.6 Å². The lowest BCUT2D eigenvalue weighted by Crippen LogP contribution is -2.40. The van der Waals surface area contributed by atoms with Gasteiger partial charge in [-0.3, -0.25) is 0 Å². The van der Waals surface area contributed by atoms with Gasteiger partial charge in [0.15, 0.2) is 5.96 Å². The highest BCUT2D eigenvalue weighted by molar-refractivity contribution is 5.90. The molecule has 20 heavy (non-hydrogen) atoms. The van der Waals surface area contributed by atoms with Crippen LogP contribution in [0.1, 0.15) is 36.5 Å². The number of ether oxygens (including phenoxy) is 1. The summed E-state index contributed by atoms with van der Waals surface area (Å²) in [6.07, 6.45) is 3.59. The maximum Gasteiger partial charge on any atom is 0.338 e. The van der Waals surface area contributed by atoms with Crippen LogP contribution >= 0.6 is 0 Å². The summed E-state index contributed by atoms with van der Waals surface area (Å²) in [5.41, 5.74) is 7.29. The van der Waals surface area contributed by atoms with Crippen molar-refractivity contribution < 1.29 is 9.53 Å². The van der Waals surface area contributed by atoms with Gasteiger partial charge in [-0.05, 0) is 50.5 Å². The fraction of sp³-hybridized carbons (Fsp3) is 0.467. The van der Waals surface area contributed by atoms with Crippen LogP contribution in [0.2, 0.25) is 0 Å². The minimum absolute atomic E-state index is 0.313. The highest BCUT2D eigenvalue weighted by Crippen LogP contribution is 2.15. The van der Waals surface area contributed by atoms with Gasteiger partial charge in [-0.2, -0.15) is 0 Å². The molecule has 0 saturated carbocycles. The summed E-state index contributed by atoms with van der Waals surface area (Å²) < 4.78 is 4.94. The second-order valence-corrected chi connectivity index (χ2v) is 4.79. The molecule has 5 heteroatoms. The number of likely N-dealkylation sites (tertiary alicyclic amines) is 1. The van der Waals surface area contributed by atoms with Crippen LogP contribution < -0.4 is 5.73 Å². The van der Waals surface area contributed by atoms with Crippen LogP contribution in [0.15, 0.2) is 29.3 Å². The molecule has 1 aromatic carbocycles.